The highest BCUT2D eigenvalue weighted by Gasteiger charge is 2.39. The molecule has 0 spiro atoms. The van der Waals surface area contributed by atoms with Gasteiger partial charge in [-0.3, -0.25) is 19.7 Å². The van der Waals surface area contributed by atoms with Gasteiger partial charge in [0.25, 0.3) is 5.91 Å². The van der Waals surface area contributed by atoms with E-state index in [9.17, 15) is 14.4 Å². The summed E-state index contributed by atoms with van der Waals surface area (Å²) in [4.78, 5) is 37.5. The van der Waals surface area contributed by atoms with Crippen LogP contribution in [-0.4, -0.2) is 34.8 Å². The molecule has 6 nitrogen and oxygen atoms in total. The van der Waals surface area contributed by atoms with Crippen LogP contribution in [0.25, 0.3) is 0 Å². The maximum atomic E-state index is 12.6. The maximum absolute atomic E-state index is 12.6. The van der Waals surface area contributed by atoms with Gasteiger partial charge in [-0.1, -0.05) is 13.8 Å². The van der Waals surface area contributed by atoms with Gasteiger partial charge in [0.2, 0.25) is 11.8 Å². The zero-order chi connectivity index (χ0) is 18.7. The number of nitrogens with zero attached hydrogens (tertiary/aromatic N) is 1. The molecule has 3 amide bonds. The second-order valence-corrected chi connectivity index (χ2v) is 6.74. The van der Waals surface area contributed by atoms with Crippen LogP contribution in [0.3, 0.4) is 0 Å². The molecule has 1 aliphatic carbocycles. The first-order valence-corrected chi connectivity index (χ1v) is 9.56. The fraction of sp³-hybridized carbons (Fsp3) is 0.550. The van der Waals surface area contributed by atoms with Gasteiger partial charge in [0.1, 0.15) is 11.8 Å². The zero-order valence-electron chi connectivity index (χ0n) is 15.4. The van der Waals surface area contributed by atoms with E-state index in [1.165, 1.54) is 12.8 Å². The van der Waals surface area contributed by atoms with Gasteiger partial charge in [0.05, 0.1) is 6.10 Å². The number of carbonyl (C=O) groups excluding carboxylic acids is 3. The van der Waals surface area contributed by atoms with E-state index < -0.39 is 6.04 Å². The lowest BCUT2D eigenvalue weighted by Gasteiger charge is -2.29. The summed E-state index contributed by atoms with van der Waals surface area (Å²) < 4.78 is 6.00. The van der Waals surface area contributed by atoms with E-state index in [1.807, 2.05) is 26.0 Å². The van der Waals surface area contributed by atoms with Gasteiger partial charge in [-0.05, 0) is 55.9 Å². The number of carbonyl (C=O) groups is 3. The number of hydrogen-bond acceptors (Lipinski definition) is 4. The molecule has 1 saturated heterocycles. The molecular weight excluding hydrogens is 332 g/mol. The molecule has 2 aliphatic heterocycles. The lowest BCUT2D eigenvalue weighted by atomic mass is 10.0. The third kappa shape index (κ3) is 3.59. The number of benzene rings is 1. The highest BCUT2D eigenvalue weighted by atomic mass is 16.5. The Kier molecular flexibility index (Phi) is 5.59. The smallest absolute Gasteiger partial charge is 0.255 e. The van der Waals surface area contributed by atoms with E-state index in [0.29, 0.717) is 18.5 Å². The quantitative estimate of drug-likeness (QED) is 0.843. The molecule has 1 aromatic carbocycles. The van der Waals surface area contributed by atoms with Crippen molar-refractivity contribution in [2.75, 3.05) is 0 Å². The van der Waals surface area contributed by atoms with Crippen LogP contribution in [0.1, 0.15) is 68.3 Å². The van der Waals surface area contributed by atoms with Crippen molar-refractivity contribution >= 4 is 17.7 Å². The van der Waals surface area contributed by atoms with Gasteiger partial charge in [-0.2, -0.15) is 0 Å². The van der Waals surface area contributed by atoms with Gasteiger partial charge in [0, 0.05) is 18.5 Å². The Hall–Kier alpha value is -2.37. The lowest BCUT2D eigenvalue weighted by Crippen LogP contribution is -2.52. The van der Waals surface area contributed by atoms with Gasteiger partial charge in [0.15, 0.2) is 0 Å². The summed E-state index contributed by atoms with van der Waals surface area (Å²) in [5, 5.41) is 2.32. The molecule has 0 aromatic heterocycles. The average molecular weight is 358 g/mol. The Morgan fingerprint density at radius 2 is 1.81 bits per heavy atom. The summed E-state index contributed by atoms with van der Waals surface area (Å²) in [6.07, 6.45) is 5.50. The Labute approximate surface area is 153 Å². The Morgan fingerprint density at radius 3 is 2.50 bits per heavy atom. The number of hydrogen-bond donors (Lipinski definition) is 1. The van der Waals surface area contributed by atoms with Crippen LogP contribution >= 0.6 is 0 Å². The SMILES string of the molecule is CC.O=C1CCC(N2Cc3cc(OC4CCCC4)ccc3C2=O)C(=O)N1. The molecule has 4 rings (SSSR count). The first-order valence-electron chi connectivity index (χ1n) is 9.56. The molecule has 26 heavy (non-hydrogen) atoms. The highest BCUT2D eigenvalue weighted by molar-refractivity contribution is 6.05. The fourth-order valence-electron chi connectivity index (χ4n) is 3.82. The van der Waals surface area contributed by atoms with Gasteiger partial charge in [-0.25, -0.2) is 0 Å². The predicted octanol–water partition coefficient (Wildman–Crippen LogP) is 2.80. The van der Waals surface area contributed by atoms with Crippen LogP contribution in [0, 0.1) is 0 Å². The largest absolute Gasteiger partial charge is 0.490 e. The topological polar surface area (TPSA) is 75.7 Å². The Bertz CT molecular complexity index is 710. The fourth-order valence-corrected chi connectivity index (χ4v) is 3.82. The third-order valence-electron chi connectivity index (χ3n) is 5.10. The molecule has 0 bridgehead atoms. The normalized spacial score (nSPS) is 22.6. The van der Waals surface area contributed by atoms with Crippen LogP contribution in [-0.2, 0) is 16.1 Å². The number of rotatable bonds is 3. The van der Waals surface area contributed by atoms with Crippen LogP contribution < -0.4 is 10.1 Å². The Balaban J connectivity index is 0.000000948. The van der Waals surface area contributed by atoms with Crippen molar-refractivity contribution in [3.05, 3.63) is 29.3 Å². The van der Waals surface area contributed by atoms with Gasteiger partial charge in [-0.15, -0.1) is 0 Å². The van der Waals surface area contributed by atoms with Crippen LogP contribution in [0.4, 0.5) is 0 Å². The molecule has 1 saturated carbocycles. The first-order chi connectivity index (χ1) is 12.6. The van der Waals surface area contributed by atoms with Crippen molar-refractivity contribution in [3.63, 3.8) is 0 Å². The van der Waals surface area contributed by atoms with Crippen LogP contribution in [0.2, 0.25) is 0 Å². The minimum atomic E-state index is -0.568. The average Bonchev–Trinajstić information content (AvgIpc) is 3.25. The number of imide groups is 1. The van der Waals surface area contributed by atoms with Crippen molar-refractivity contribution < 1.29 is 19.1 Å². The molecular formula is C20H26N2O4. The number of nitrogens with one attached hydrogen (secondary N) is 1. The highest BCUT2D eigenvalue weighted by Crippen LogP contribution is 2.31. The van der Waals surface area contributed by atoms with E-state index in [-0.39, 0.29) is 30.2 Å². The van der Waals surface area contributed by atoms with Crippen molar-refractivity contribution in [2.24, 2.45) is 0 Å². The molecule has 1 unspecified atom stereocenters. The second kappa shape index (κ2) is 7.89. The second-order valence-electron chi connectivity index (χ2n) is 6.74. The van der Waals surface area contributed by atoms with Crippen molar-refractivity contribution in [3.8, 4) is 5.75 Å². The maximum Gasteiger partial charge on any atom is 0.255 e. The first kappa shape index (κ1) is 18.4. The minimum Gasteiger partial charge on any atom is -0.490 e. The number of piperidine rings is 1. The summed E-state index contributed by atoms with van der Waals surface area (Å²) in [6, 6.07) is 4.97. The molecule has 3 aliphatic rings. The molecule has 1 atom stereocenters. The molecule has 140 valence electrons. The Morgan fingerprint density at radius 1 is 1.08 bits per heavy atom. The van der Waals surface area contributed by atoms with Crippen LogP contribution in [0.15, 0.2) is 18.2 Å². The molecule has 2 fully saturated rings. The summed E-state index contributed by atoms with van der Waals surface area (Å²) in [6.45, 7) is 4.39. The molecule has 0 radical (unpaired) electrons. The van der Waals surface area contributed by atoms with Crippen LogP contribution in [0.5, 0.6) is 5.75 Å². The monoisotopic (exact) mass is 358 g/mol. The summed E-state index contributed by atoms with van der Waals surface area (Å²) in [5.41, 5.74) is 1.51. The standard InChI is InChI=1S/C18H20N2O4.C2H6/c21-16-8-7-15(17(22)19-16)20-10-11-9-13(5-6-14(11)18(20)23)24-12-3-1-2-4-12;1-2/h5-6,9,12,15H,1-4,7-8,10H2,(H,19,21,22);1-2H3. The number of fused-ring (bicyclic) bond motifs is 1. The lowest BCUT2D eigenvalue weighted by molar-refractivity contribution is -0.136. The molecule has 1 N–H and O–H groups in total. The third-order valence-corrected chi connectivity index (χ3v) is 5.10. The predicted molar refractivity (Wildman–Crippen MR) is 96.7 cm³/mol. The number of amides is 3. The number of ether oxygens (including phenoxy) is 1. The van der Waals surface area contributed by atoms with Crippen molar-refractivity contribution in [1.29, 1.82) is 0 Å². The van der Waals surface area contributed by atoms with E-state index in [4.69, 9.17) is 4.74 Å². The van der Waals surface area contributed by atoms with E-state index in [0.717, 1.165) is 24.2 Å². The summed E-state index contributed by atoms with van der Waals surface area (Å²) in [5.74, 6) is -0.00650. The summed E-state index contributed by atoms with van der Waals surface area (Å²) >= 11 is 0. The van der Waals surface area contributed by atoms with E-state index in [2.05, 4.69) is 5.32 Å². The molecule has 2 heterocycles. The molecule has 6 heteroatoms. The van der Waals surface area contributed by atoms with Crippen molar-refractivity contribution in [2.45, 2.75) is 71.1 Å². The zero-order valence-corrected chi connectivity index (χ0v) is 15.4. The van der Waals surface area contributed by atoms with E-state index in [1.54, 1.807) is 11.0 Å². The van der Waals surface area contributed by atoms with Crippen molar-refractivity contribution in [1.82, 2.24) is 10.2 Å². The molecule has 1 aromatic rings. The van der Waals surface area contributed by atoms with Gasteiger partial charge < -0.3 is 9.64 Å². The van der Waals surface area contributed by atoms with E-state index >= 15 is 0 Å². The minimum absolute atomic E-state index is 0.146. The summed E-state index contributed by atoms with van der Waals surface area (Å²) in [7, 11) is 0. The van der Waals surface area contributed by atoms with Gasteiger partial charge >= 0.3 is 0 Å².